The smallest absolute Gasteiger partial charge is 0.258 e. The molecular formula is C25H20FN3O2. The van der Waals surface area contributed by atoms with Crippen LogP contribution in [0.3, 0.4) is 0 Å². The number of aromatic amines is 1. The van der Waals surface area contributed by atoms with E-state index in [1.54, 1.807) is 19.2 Å². The Balaban J connectivity index is 1.63. The zero-order chi connectivity index (χ0) is 21.1. The van der Waals surface area contributed by atoms with Crippen LogP contribution >= 0.6 is 0 Å². The number of hydrogen-bond acceptors (Lipinski definition) is 3. The van der Waals surface area contributed by atoms with Gasteiger partial charge in [-0.2, -0.15) is 0 Å². The van der Waals surface area contributed by atoms with Crippen molar-refractivity contribution in [3.8, 4) is 5.75 Å². The van der Waals surface area contributed by atoms with Crippen LogP contribution in [0.25, 0.3) is 10.9 Å². The summed E-state index contributed by atoms with van der Waals surface area (Å²) >= 11 is 0. The van der Waals surface area contributed by atoms with Crippen molar-refractivity contribution >= 4 is 28.2 Å². The average Bonchev–Trinajstić information content (AvgIpc) is 3.18. The number of carbonyl (C=O) groups excluding carboxylic acids is 1. The molecule has 0 saturated heterocycles. The van der Waals surface area contributed by atoms with Crippen LogP contribution < -0.4 is 9.64 Å². The fourth-order valence-corrected chi connectivity index (χ4v) is 4.92. The molecule has 5 nitrogen and oxygen atoms in total. The van der Waals surface area contributed by atoms with E-state index in [1.807, 2.05) is 46.2 Å². The first-order chi connectivity index (χ1) is 15.2. The molecule has 31 heavy (non-hydrogen) atoms. The fraction of sp³-hybridized carbons (Fsp3) is 0.160. The van der Waals surface area contributed by atoms with E-state index in [2.05, 4.69) is 11.1 Å². The highest BCUT2D eigenvalue weighted by atomic mass is 19.1. The lowest BCUT2D eigenvalue weighted by atomic mass is 9.95. The highest BCUT2D eigenvalue weighted by Crippen LogP contribution is 2.48. The molecule has 1 unspecified atom stereocenters. The Morgan fingerprint density at radius 2 is 1.94 bits per heavy atom. The molecule has 6 rings (SSSR count). The first-order valence-corrected chi connectivity index (χ1v) is 10.3. The Bertz CT molecular complexity index is 1350. The Hall–Kier alpha value is -3.80. The molecule has 4 aromatic rings. The maximum Gasteiger partial charge on any atom is 0.258 e. The monoisotopic (exact) mass is 413 g/mol. The molecule has 3 heterocycles. The third kappa shape index (κ3) is 2.57. The summed E-state index contributed by atoms with van der Waals surface area (Å²) in [7, 11) is 1.58. The standard InChI is InChI=1S/C25H20FN3O2/c1-31-17-9-10-22-20(14-17)25(30)28-12-11-19-18-7-2-3-8-21(18)27-23(19)24(28)29(22)16-6-4-5-15(26)13-16/h2-10,13-14,24,27H,11-12H2,1H3. The van der Waals surface area contributed by atoms with Crippen LogP contribution in [-0.2, 0) is 6.42 Å². The van der Waals surface area contributed by atoms with Crippen molar-refractivity contribution in [1.82, 2.24) is 9.88 Å². The van der Waals surface area contributed by atoms with Crippen LogP contribution in [0.4, 0.5) is 15.8 Å². The summed E-state index contributed by atoms with van der Waals surface area (Å²) in [5.41, 5.74) is 5.22. The maximum atomic E-state index is 14.2. The number of carbonyl (C=O) groups is 1. The number of fused-ring (bicyclic) bond motifs is 6. The fourth-order valence-electron chi connectivity index (χ4n) is 4.92. The number of benzene rings is 3. The maximum absolute atomic E-state index is 14.2. The molecule has 0 fully saturated rings. The lowest BCUT2D eigenvalue weighted by Gasteiger charge is -2.47. The number of aromatic nitrogens is 1. The summed E-state index contributed by atoms with van der Waals surface area (Å²) in [5.74, 6) is 0.257. The van der Waals surface area contributed by atoms with Crippen LogP contribution in [0.15, 0.2) is 66.7 Å². The SMILES string of the molecule is COc1ccc2c(c1)C(=O)N1CCc3c([nH]c4ccccc34)C1N2c1cccc(F)c1. The van der Waals surface area contributed by atoms with Gasteiger partial charge in [0.1, 0.15) is 11.6 Å². The summed E-state index contributed by atoms with van der Waals surface area (Å²) in [6.45, 7) is 0.584. The minimum atomic E-state index is -0.383. The molecule has 0 saturated carbocycles. The van der Waals surface area contributed by atoms with Gasteiger partial charge in [0.25, 0.3) is 5.91 Å². The second-order valence-electron chi connectivity index (χ2n) is 7.92. The normalized spacial score (nSPS) is 17.4. The quantitative estimate of drug-likeness (QED) is 0.494. The van der Waals surface area contributed by atoms with E-state index in [0.717, 1.165) is 23.3 Å². The van der Waals surface area contributed by atoms with Gasteiger partial charge in [-0.1, -0.05) is 24.3 Å². The van der Waals surface area contributed by atoms with Gasteiger partial charge in [-0.3, -0.25) is 4.79 Å². The Kier molecular flexibility index (Phi) is 3.84. The van der Waals surface area contributed by atoms with Crippen molar-refractivity contribution in [1.29, 1.82) is 0 Å². The third-order valence-electron chi connectivity index (χ3n) is 6.29. The summed E-state index contributed by atoms with van der Waals surface area (Å²) in [6, 6.07) is 20.2. The molecule has 1 aromatic heterocycles. The van der Waals surface area contributed by atoms with Gasteiger partial charge < -0.3 is 19.5 Å². The van der Waals surface area contributed by atoms with E-state index < -0.39 is 0 Å². The summed E-state index contributed by atoms with van der Waals surface area (Å²) < 4.78 is 19.6. The molecule has 1 N–H and O–H groups in total. The molecule has 0 aliphatic carbocycles. The minimum Gasteiger partial charge on any atom is -0.497 e. The lowest BCUT2D eigenvalue weighted by Crippen LogP contribution is -2.50. The number of ether oxygens (including phenoxy) is 1. The van der Waals surface area contributed by atoms with Gasteiger partial charge in [0.05, 0.1) is 24.1 Å². The second kappa shape index (κ2) is 6.60. The van der Waals surface area contributed by atoms with E-state index in [1.165, 1.54) is 23.1 Å². The number of hydrogen-bond donors (Lipinski definition) is 1. The van der Waals surface area contributed by atoms with Crippen LogP contribution in [0.5, 0.6) is 5.75 Å². The molecule has 6 heteroatoms. The van der Waals surface area contributed by atoms with Crippen molar-refractivity contribution in [2.75, 3.05) is 18.6 Å². The number of nitrogens with one attached hydrogen (secondary N) is 1. The zero-order valence-corrected chi connectivity index (χ0v) is 16.9. The number of para-hydroxylation sites is 1. The number of anilines is 2. The van der Waals surface area contributed by atoms with E-state index in [0.29, 0.717) is 23.5 Å². The highest BCUT2D eigenvalue weighted by Gasteiger charge is 2.43. The number of nitrogens with zero attached hydrogens (tertiary/aromatic N) is 2. The number of halogens is 1. The lowest BCUT2D eigenvalue weighted by molar-refractivity contribution is 0.0641. The van der Waals surface area contributed by atoms with E-state index in [4.69, 9.17) is 4.74 Å². The number of H-pyrrole nitrogens is 1. The summed E-state index contributed by atoms with van der Waals surface area (Å²) in [4.78, 5) is 21.0. The number of rotatable bonds is 2. The first kappa shape index (κ1) is 18.0. The van der Waals surface area contributed by atoms with Gasteiger partial charge in [-0.25, -0.2) is 4.39 Å². The average molecular weight is 413 g/mol. The number of methoxy groups -OCH3 is 1. The van der Waals surface area contributed by atoms with E-state index >= 15 is 0 Å². The molecule has 2 aliphatic rings. The molecule has 0 radical (unpaired) electrons. The van der Waals surface area contributed by atoms with Crippen molar-refractivity contribution in [3.05, 3.63) is 89.4 Å². The van der Waals surface area contributed by atoms with Gasteiger partial charge in [-0.15, -0.1) is 0 Å². The predicted molar refractivity (Wildman–Crippen MR) is 117 cm³/mol. The Morgan fingerprint density at radius 1 is 1.06 bits per heavy atom. The van der Waals surface area contributed by atoms with Gasteiger partial charge in [-0.05, 0) is 54.4 Å². The van der Waals surface area contributed by atoms with Crippen molar-refractivity contribution in [2.45, 2.75) is 12.6 Å². The topological polar surface area (TPSA) is 48.6 Å². The molecular weight excluding hydrogens is 393 g/mol. The molecule has 3 aromatic carbocycles. The Labute approximate surface area is 178 Å². The second-order valence-corrected chi connectivity index (χ2v) is 7.92. The van der Waals surface area contributed by atoms with Crippen LogP contribution in [0.1, 0.15) is 27.8 Å². The molecule has 1 amide bonds. The van der Waals surface area contributed by atoms with Gasteiger partial charge >= 0.3 is 0 Å². The van der Waals surface area contributed by atoms with Crippen LogP contribution in [0, 0.1) is 5.82 Å². The summed E-state index contributed by atoms with van der Waals surface area (Å²) in [5, 5.41) is 1.17. The minimum absolute atomic E-state index is 0.0455. The molecule has 0 bridgehead atoms. The summed E-state index contributed by atoms with van der Waals surface area (Å²) in [6.07, 6.45) is 0.379. The first-order valence-electron chi connectivity index (χ1n) is 10.3. The van der Waals surface area contributed by atoms with Gasteiger partial charge in [0.15, 0.2) is 6.17 Å². The van der Waals surface area contributed by atoms with Crippen molar-refractivity contribution < 1.29 is 13.9 Å². The highest BCUT2D eigenvalue weighted by molar-refractivity contribution is 6.04. The van der Waals surface area contributed by atoms with Crippen molar-refractivity contribution in [3.63, 3.8) is 0 Å². The largest absolute Gasteiger partial charge is 0.497 e. The molecule has 0 spiro atoms. The van der Waals surface area contributed by atoms with E-state index in [-0.39, 0.29) is 17.9 Å². The van der Waals surface area contributed by atoms with Crippen LogP contribution in [-0.4, -0.2) is 29.4 Å². The Morgan fingerprint density at radius 3 is 2.77 bits per heavy atom. The van der Waals surface area contributed by atoms with Gasteiger partial charge in [0, 0.05) is 23.1 Å². The zero-order valence-electron chi connectivity index (χ0n) is 16.9. The number of amides is 1. The predicted octanol–water partition coefficient (Wildman–Crippen LogP) is 5.16. The molecule has 1 atom stereocenters. The molecule has 154 valence electrons. The third-order valence-corrected chi connectivity index (χ3v) is 6.29. The van der Waals surface area contributed by atoms with Gasteiger partial charge in [0.2, 0.25) is 0 Å². The van der Waals surface area contributed by atoms with Crippen molar-refractivity contribution in [2.24, 2.45) is 0 Å². The molecule has 2 aliphatic heterocycles. The van der Waals surface area contributed by atoms with E-state index in [9.17, 15) is 9.18 Å². The van der Waals surface area contributed by atoms with Crippen LogP contribution in [0.2, 0.25) is 0 Å².